The minimum absolute atomic E-state index is 0.474. The van der Waals surface area contributed by atoms with Crippen molar-refractivity contribution in [2.75, 3.05) is 13.2 Å². The number of ether oxygens (including phenoxy) is 2. The lowest BCUT2D eigenvalue weighted by molar-refractivity contribution is 0.0529. The quantitative estimate of drug-likeness (QED) is 0.373. The lowest BCUT2D eigenvalue weighted by Crippen LogP contribution is -2.09. The van der Waals surface area contributed by atoms with Crippen molar-refractivity contribution in [2.24, 2.45) is 0 Å². The number of rotatable bonds is 0. The zero-order valence-electron chi connectivity index (χ0n) is 19.4. The van der Waals surface area contributed by atoms with Crippen molar-refractivity contribution < 1.29 is 14.3 Å². The number of carbonyl (C=O) groups excluding carboxylic acids is 1. The molecule has 0 bridgehead atoms. The third-order valence-corrected chi connectivity index (χ3v) is 6.23. The van der Waals surface area contributed by atoms with Gasteiger partial charge in [0.1, 0.15) is 0 Å². The van der Waals surface area contributed by atoms with E-state index in [0.717, 1.165) is 25.7 Å². The molecule has 3 nitrogen and oxygen atoms in total. The van der Waals surface area contributed by atoms with Gasteiger partial charge in [0.2, 0.25) is 0 Å². The Kier molecular flexibility index (Phi) is 19.9. The Morgan fingerprint density at radius 3 is 0.690 bits per heavy atom. The van der Waals surface area contributed by atoms with Crippen molar-refractivity contribution in [1.82, 2.24) is 0 Å². The summed E-state index contributed by atoms with van der Waals surface area (Å²) < 4.78 is 10.3. The van der Waals surface area contributed by atoms with Crippen molar-refractivity contribution in [3.05, 3.63) is 0 Å². The smallest absolute Gasteiger partial charge is 0.434 e. The Balaban J connectivity index is 2.07. The summed E-state index contributed by atoms with van der Waals surface area (Å²) in [6.07, 6.45) is 30.3. The second kappa shape index (κ2) is 22.0. The summed E-state index contributed by atoms with van der Waals surface area (Å²) in [4.78, 5) is 11.5. The van der Waals surface area contributed by atoms with E-state index >= 15 is 0 Å². The Bertz CT molecular complexity index is 313. The topological polar surface area (TPSA) is 35.5 Å². The van der Waals surface area contributed by atoms with Crippen LogP contribution < -0.4 is 0 Å². The largest absolute Gasteiger partial charge is 0.508 e. The molecule has 0 aromatic heterocycles. The maximum Gasteiger partial charge on any atom is 0.508 e. The molecule has 1 aliphatic heterocycles. The van der Waals surface area contributed by atoms with Crippen LogP contribution in [0.25, 0.3) is 0 Å². The molecule has 172 valence electrons. The molecule has 0 saturated carbocycles. The van der Waals surface area contributed by atoms with Crippen LogP contribution in [0.15, 0.2) is 0 Å². The molecule has 1 fully saturated rings. The van der Waals surface area contributed by atoms with Gasteiger partial charge >= 0.3 is 6.16 Å². The molecule has 29 heavy (non-hydrogen) atoms. The van der Waals surface area contributed by atoms with Crippen molar-refractivity contribution >= 4 is 6.16 Å². The van der Waals surface area contributed by atoms with Crippen LogP contribution in [0.3, 0.4) is 0 Å². The van der Waals surface area contributed by atoms with Gasteiger partial charge in [-0.1, -0.05) is 135 Å². The van der Waals surface area contributed by atoms with E-state index in [1.807, 2.05) is 0 Å². The van der Waals surface area contributed by atoms with Gasteiger partial charge in [-0.05, 0) is 12.8 Å². The van der Waals surface area contributed by atoms with Crippen LogP contribution in [0.2, 0.25) is 0 Å². The molecule has 0 spiro atoms. The van der Waals surface area contributed by atoms with E-state index in [2.05, 4.69) is 0 Å². The summed E-state index contributed by atoms with van der Waals surface area (Å²) in [6, 6.07) is 0. The minimum atomic E-state index is -0.474. The Morgan fingerprint density at radius 1 is 0.310 bits per heavy atom. The molecule has 0 aromatic carbocycles. The van der Waals surface area contributed by atoms with E-state index in [1.54, 1.807) is 0 Å². The summed E-state index contributed by atoms with van der Waals surface area (Å²) in [5.74, 6) is 0. The lowest BCUT2D eigenvalue weighted by Gasteiger charge is -2.07. The molecule has 0 aliphatic carbocycles. The van der Waals surface area contributed by atoms with Crippen LogP contribution in [0, 0.1) is 0 Å². The number of carbonyl (C=O) groups is 1. The summed E-state index contributed by atoms with van der Waals surface area (Å²) in [5.41, 5.74) is 0. The zero-order chi connectivity index (χ0) is 20.7. The van der Waals surface area contributed by atoms with Gasteiger partial charge in [0.25, 0.3) is 0 Å². The fourth-order valence-electron chi connectivity index (χ4n) is 4.27. The Labute approximate surface area is 181 Å². The van der Waals surface area contributed by atoms with Crippen LogP contribution >= 0.6 is 0 Å². The first-order valence-corrected chi connectivity index (χ1v) is 13.2. The fourth-order valence-corrected chi connectivity index (χ4v) is 4.27. The van der Waals surface area contributed by atoms with Crippen LogP contribution in [0.5, 0.6) is 0 Å². The third kappa shape index (κ3) is 20.3. The molecule has 1 saturated heterocycles. The molecule has 0 N–H and O–H groups in total. The molecule has 0 atom stereocenters. The highest BCUT2D eigenvalue weighted by Gasteiger charge is 2.03. The van der Waals surface area contributed by atoms with Gasteiger partial charge in [-0.3, -0.25) is 0 Å². The molecule has 1 rings (SSSR count). The van der Waals surface area contributed by atoms with E-state index in [4.69, 9.17) is 9.47 Å². The Hall–Kier alpha value is -0.730. The highest BCUT2D eigenvalue weighted by Crippen LogP contribution is 2.15. The van der Waals surface area contributed by atoms with Crippen LogP contribution in [0.4, 0.5) is 4.79 Å². The van der Waals surface area contributed by atoms with E-state index in [0.29, 0.717) is 13.2 Å². The first-order valence-electron chi connectivity index (χ1n) is 13.2. The first kappa shape index (κ1) is 26.3. The third-order valence-electron chi connectivity index (χ3n) is 6.23. The van der Waals surface area contributed by atoms with Crippen LogP contribution in [0.1, 0.15) is 148 Å². The molecule has 3 heteroatoms. The van der Waals surface area contributed by atoms with Crippen molar-refractivity contribution in [3.8, 4) is 0 Å². The standard InChI is InChI=1S/C26H50O3/c27-26-28-24-22-20-18-16-14-12-10-8-6-4-2-1-3-5-7-9-11-13-15-17-19-21-23-25-29-26/h1-25H2. The number of hydrogen-bond acceptors (Lipinski definition) is 3. The summed E-state index contributed by atoms with van der Waals surface area (Å²) in [6.45, 7) is 1.03. The predicted molar refractivity (Wildman–Crippen MR) is 123 cm³/mol. The van der Waals surface area contributed by atoms with Crippen molar-refractivity contribution in [3.63, 3.8) is 0 Å². The molecule has 1 heterocycles. The maximum absolute atomic E-state index is 11.5. The van der Waals surface area contributed by atoms with Gasteiger partial charge in [-0.25, -0.2) is 4.79 Å². The van der Waals surface area contributed by atoms with Crippen LogP contribution in [-0.2, 0) is 9.47 Å². The highest BCUT2D eigenvalue weighted by molar-refractivity contribution is 5.59. The fraction of sp³-hybridized carbons (Fsp3) is 0.962. The van der Waals surface area contributed by atoms with E-state index in [9.17, 15) is 4.79 Å². The van der Waals surface area contributed by atoms with Crippen LogP contribution in [-0.4, -0.2) is 19.4 Å². The summed E-state index contributed by atoms with van der Waals surface area (Å²) in [7, 11) is 0. The first-order chi connectivity index (χ1) is 14.4. The second-order valence-corrected chi connectivity index (χ2v) is 9.08. The van der Waals surface area contributed by atoms with E-state index in [-0.39, 0.29) is 0 Å². The average Bonchev–Trinajstić information content (AvgIpc) is 2.72. The highest BCUT2D eigenvalue weighted by atomic mass is 16.7. The summed E-state index contributed by atoms with van der Waals surface area (Å²) in [5, 5.41) is 0. The number of cyclic esters (lactones) is 2. The molecule has 0 aromatic rings. The zero-order valence-corrected chi connectivity index (χ0v) is 19.4. The average molecular weight is 411 g/mol. The molecule has 0 radical (unpaired) electrons. The van der Waals surface area contributed by atoms with Crippen molar-refractivity contribution in [1.29, 1.82) is 0 Å². The van der Waals surface area contributed by atoms with Gasteiger partial charge in [0, 0.05) is 0 Å². The monoisotopic (exact) mass is 410 g/mol. The molecule has 0 amide bonds. The predicted octanol–water partition coefficient (Wildman–Crippen LogP) is 9.13. The second-order valence-electron chi connectivity index (χ2n) is 9.08. The summed E-state index contributed by atoms with van der Waals surface area (Å²) >= 11 is 0. The molecular formula is C26H50O3. The van der Waals surface area contributed by atoms with Gasteiger partial charge in [0.15, 0.2) is 0 Å². The SMILES string of the molecule is O=C1OCCCCCCCCCCCCCCCCCCCCCCCCCO1. The van der Waals surface area contributed by atoms with Gasteiger partial charge in [0.05, 0.1) is 13.2 Å². The normalized spacial score (nSPS) is 23.1. The maximum atomic E-state index is 11.5. The molecule has 0 unspecified atom stereocenters. The van der Waals surface area contributed by atoms with Gasteiger partial charge in [-0.2, -0.15) is 0 Å². The van der Waals surface area contributed by atoms with Gasteiger partial charge in [-0.15, -0.1) is 0 Å². The minimum Gasteiger partial charge on any atom is -0.434 e. The number of hydrogen-bond donors (Lipinski definition) is 0. The Morgan fingerprint density at radius 2 is 0.483 bits per heavy atom. The van der Waals surface area contributed by atoms with E-state index < -0.39 is 6.16 Å². The lowest BCUT2D eigenvalue weighted by atomic mass is 10.0. The van der Waals surface area contributed by atoms with E-state index in [1.165, 1.54) is 122 Å². The molecular weight excluding hydrogens is 360 g/mol. The van der Waals surface area contributed by atoms with Gasteiger partial charge < -0.3 is 9.47 Å². The van der Waals surface area contributed by atoms with Crippen molar-refractivity contribution in [2.45, 2.75) is 148 Å². The molecule has 1 aliphatic rings.